The molecule has 0 fully saturated rings. The summed E-state index contributed by atoms with van der Waals surface area (Å²) in [6.45, 7) is 7.60. The third-order valence-corrected chi connectivity index (χ3v) is 3.47. The Morgan fingerprint density at radius 2 is 2.05 bits per heavy atom. The summed E-state index contributed by atoms with van der Waals surface area (Å²) in [5.74, 6) is 0.0510. The second kappa shape index (κ2) is 8.59. The van der Waals surface area contributed by atoms with E-state index in [1.165, 1.54) is 0 Å². The highest BCUT2D eigenvalue weighted by atomic mass is 32.2. The average molecular weight is 275 g/mol. The van der Waals surface area contributed by atoms with Gasteiger partial charge in [0.05, 0.1) is 5.03 Å². The molecule has 0 unspecified atom stereocenters. The normalized spacial score (nSPS) is 11.2. The molecule has 1 rings (SSSR count). The van der Waals surface area contributed by atoms with Crippen molar-refractivity contribution in [3.05, 3.63) is 59.7 Å². The molecule has 0 aliphatic carbocycles. The Hall–Kier alpha value is -1.48. The van der Waals surface area contributed by atoms with Crippen LogP contribution in [0, 0.1) is 0 Å². The second-order valence-electron chi connectivity index (χ2n) is 4.15. The minimum Gasteiger partial charge on any atom is -0.363 e. The van der Waals surface area contributed by atoms with Crippen LogP contribution in [0.4, 0.5) is 0 Å². The van der Waals surface area contributed by atoms with Crippen LogP contribution in [0.1, 0.15) is 23.7 Å². The van der Waals surface area contributed by atoms with E-state index in [9.17, 15) is 4.79 Å². The minimum atomic E-state index is 0.0510. The molecule has 102 valence electrons. The lowest BCUT2D eigenvalue weighted by Gasteiger charge is -2.24. The highest BCUT2D eigenvalue weighted by Crippen LogP contribution is 2.19. The number of thioether (sulfide) groups is 1. The zero-order valence-electron chi connectivity index (χ0n) is 11.6. The van der Waals surface area contributed by atoms with E-state index in [0.717, 1.165) is 30.1 Å². The van der Waals surface area contributed by atoms with Crippen molar-refractivity contribution in [2.75, 3.05) is 19.3 Å². The number of carbonyl (C=O) groups excluding carboxylic acids is 1. The molecule has 0 spiro atoms. The van der Waals surface area contributed by atoms with E-state index in [4.69, 9.17) is 0 Å². The van der Waals surface area contributed by atoms with Gasteiger partial charge in [0.15, 0.2) is 5.78 Å². The van der Waals surface area contributed by atoms with E-state index in [-0.39, 0.29) is 5.78 Å². The van der Waals surface area contributed by atoms with Gasteiger partial charge in [0.2, 0.25) is 0 Å². The standard InChI is InChI=1S/C16H21NOS/c1-4-11-17(12-5-2)16(19-3)13-15(18)14-9-7-6-8-10-14/h4,6-10,13H,1,5,11-12H2,2-3H3/b16-13-. The molecule has 0 bridgehead atoms. The quantitative estimate of drug-likeness (QED) is 0.407. The van der Waals surface area contributed by atoms with Gasteiger partial charge in [-0.05, 0) is 12.7 Å². The molecular weight excluding hydrogens is 254 g/mol. The Bertz CT molecular complexity index is 439. The molecule has 0 saturated heterocycles. The highest BCUT2D eigenvalue weighted by Gasteiger charge is 2.09. The largest absolute Gasteiger partial charge is 0.363 e. The number of carbonyl (C=O) groups is 1. The molecule has 3 heteroatoms. The van der Waals surface area contributed by atoms with Crippen molar-refractivity contribution in [3.8, 4) is 0 Å². The van der Waals surface area contributed by atoms with Crippen molar-refractivity contribution >= 4 is 17.5 Å². The van der Waals surface area contributed by atoms with Gasteiger partial charge in [-0.2, -0.15) is 0 Å². The topological polar surface area (TPSA) is 20.3 Å². The maximum absolute atomic E-state index is 12.2. The molecule has 0 heterocycles. The van der Waals surface area contributed by atoms with Crippen LogP contribution in [-0.4, -0.2) is 30.0 Å². The monoisotopic (exact) mass is 275 g/mol. The van der Waals surface area contributed by atoms with Gasteiger partial charge in [0, 0.05) is 24.7 Å². The first kappa shape index (κ1) is 15.6. The molecular formula is C16H21NOS. The lowest BCUT2D eigenvalue weighted by atomic mass is 10.1. The van der Waals surface area contributed by atoms with Crippen LogP contribution in [-0.2, 0) is 0 Å². The zero-order valence-corrected chi connectivity index (χ0v) is 12.5. The first-order valence-electron chi connectivity index (χ1n) is 6.43. The van der Waals surface area contributed by atoms with Gasteiger partial charge in [-0.15, -0.1) is 18.3 Å². The Morgan fingerprint density at radius 3 is 2.58 bits per heavy atom. The van der Waals surface area contributed by atoms with Crippen LogP contribution in [0.15, 0.2) is 54.1 Å². The van der Waals surface area contributed by atoms with Crippen molar-refractivity contribution < 1.29 is 4.79 Å². The summed E-state index contributed by atoms with van der Waals surface area (Å²) >= 11 is 1.60. The summed E-state index contributed by atoms with van der Waals surface area (Å²) in [4.78, 5) is 14.4. The number of benzene rings is 1. The predicted molar refractivity (Wildman–Crippen MR) is 84.4 cm³/mol. The van der Waals surface area contributed by atoms with E-state index in [2.05, 4.69) is 18.4 Å². The number of nitrogens with zero attached hydrogens (tertiary/aromatic N) is 1. The van der Waals surface area contributed by atoms with Crippen molar-refractivity contribution in [2.24, 2.45) is 0 Å². The molecule has 19 heavy (non-hydrogen) atoms. The second-order valence-corrected chi connectivity index (χ2v) is 4.98. The van der Waals surface area contributed by atoms with Crippen molar-refractivity contribution in [3.63, 3.8) is 0 Å². The number of hydrogen-bond acceptors (Lipinski definition) is 3. The van der Waals surface area contributed by atoms with Crippen molar-refractivity contribution in [2.45, 2.75) is 13.3 Å². The highest BCUT2D eigenvalue weighted by molar-refractivity contribution is 8.02. The van der Waals surface area contributed by atoms with Gasteiger partial charge in [-0.3, -0.25) is 4.79 Å². The van der Waals surface area contributed by atoms with E-state index < -0.39 is 0 Å². The fourth-order valence-corrected chi connectivity index (χ4v) is 2.44. The Morgan fingerprint density at radius 1 is 1.37 bits per heavy atom. The molecule has 1 aromatic carbocycles. The molecule has 1 aromatic rings. The molecule has 0 N–H and O–H groups in total. The number of ketones is 1. The molecule has 0 radical (unpaired) electrons. The van der Waals surface area contributed by atoms with Gasteiger partial charge in [0.1, 0.15) is 0 Å². The molecule has 0 aliphatic rings. The van der Waals surface area contributed by atoms with Crippen molar-refractivity contribution in [1.29, 1.82) is 0 Å². The van der Waals surface area contributed by atoms with Crippen molar-refractivity contribution in [1.82, 2.24) is 4.90 Å². The van der Waals surface area contributed by atoms with Gasteiger partial charge < -0.3 is 4.90 Å². The predicted octanol–water partition coefficient (Wildman–Crippen LogP) is 3.97. The third kappa shape index (κ3) is 4.95. The molecule has 0 aliphatic heterocycles. The van der Waals surface area contributed by atoms with Crippen LogP contribution < -0.4 is 0 Å². The first-order chi connectivity index (χ1) is 9.22. The number of allylic oxidation sites excluding steroid dienone is 1. The van der Waals surface area contributed by atoms with Crippen LogP contribution in [0.2, 0.25) is 0 Å². The van der Waals surface area contributed by atoms with E-state index in [1.54, 1.807) is 17.8 Å². The maximum Gasteiger partial charge on any atom is 0.188 e. The summed E-state index contributed by atoms with van der Waals surface area (Å²) in [6, 6.07) is 9.36. The van der Waals surface area contributed by atoms with E-state index in [0.29, 0.717) is 0 Å². The smallest absolute Gasteiger partial charge is 0.188 e. The summed E-state index contributed by atoms with van der Waals surface area (Å²) in [5.41, 5.74) is 0.726. The van der Waals surface area contributed by atoms with Crippen LogP contribution in [0.25, 0.3) is 0 Å². The Kier molecular flexibility index (Phi) is 7.04. The van der Waals surface area contributed by atoms with Gasteiger partial charge in [-0.1, -0.05) is 43.3 Å². The van der Waals surface area contributed by atoms with Gasteiger partial charge in [-0.25, -0.2) is 0 Å². The fourth-order valence-electron chi connectivity index (χ4n) is 1.79. The molecule has 0 atom stereocenters. The minimum absolute atomic E-state index is 0.0510. The van der Waals surface area contributed by atoms with Gasteiger partial charge >= 0.3 is 0 Å². The Balaban J connectivity index is 2.90. The summed E-state index contributed by atoms with van der Waals surface area (Å²) in [5, 5.41) is 0.996. The average Bonchev–Trinajstić information content (AvgIpc) is 2.45. The molecule has 0 saturated carbocycles. The number of hydrogen-bond donors (Lipinski definition) is 0. The Labute approximate surface area is 120 Å². The van der Waals surface area contributed by atoms with Gasteiger partial charge in [0.25, 0.3) is 0 Å². The number of rotatable bonds is 8. The molecule has 0 aromatic heterocycles. The summed E-state index contributed by atoms with van der Waals surface area (Å²) in [7, 11) is 0. The molecule has 0 amide bonds. The van der Waals surface area contributed by atoms with Crippen LogP contribution in [0.3, 0.4) is 0 Å². The lowest BCUT2D eigenvalue weighted by Crippen LogP contribution is -2.23. The third-order valence-electron chi connectivity index (χ3n) is 2.68. The zero-order chi connectivity index (χ0) is 14.1. The lowest BCUT2D eigenvalue weighted by molar-refractivity contribution is 0.104. The van der Waals surface area contributed by atoms with Crippen LogP contribution >= 0.6 is 11.8 Å². The summed E-state index contributed by atoms with van der Waals surface area (Å²) < 4.78 is 0. The summed E-state index contributed by atoms with van der Waals surface area (Å²) in [6.07, 6.45) is 6.63. The maximum atomic E-state index is 12.2. The van der Waals surface area contributed by atoms with E-state index in [1.807, 2.05) is 42.7 Å². The van der Waals surface area contributed by atoms with Crippen LogP contribution in [0.5, 0.6) is 0 Å². The fraction of sp³-hybridized carbons (Fsp3) is 0.312. The van der Waals surface area contributed by atoms with E-state index >= 15 is 0 Å². The first-order valence-corrected chi connectivity index (χ1v) is 7.66. The SMILES string of the molecule is C=CCN(CCC)/C(=C/C(=O)c1ccccc1)SC. The molecule has 2 nitrogen and oxygen atoms in total.